The number of hydrogen-bond donors (Lipinski definition) is 1. The molecule has 0 saturated carbocycles. The Balaban J connectivity index is 2.27. The van der Waals surface area contributed by atoms with Crippen LogP contribution >= 0.6 is 11.8 Å². The third kappa shape index (κ3) is 5.05. The first-order valence-corrected chi connectivity index (χ1v) is 6.91. The number of aromatic nitrogens is 3. The molecule has 1 aromatic rings. The van der Waals surface area contributed by atoms with Gasteiger partial charge in [0.15, 0.2) is 5.16 Å². The van der Waals surface area contributed by atoms with Crippen LogP contribution in [-0.2, 0) is 9.53 Å². The van der Waals surface area contributed by atoms with Gasteiger partial charge >= 0.3 is 0 Å². The van der Waals surface area contributed by atoms with Crippen LogP contribution in [0.25, 0.3) is 0 Å². The molecule has 0 aromatic carbocycles. The zero-order valence-electron chi connectivity index (χ0n) is 11.0. The first-order chi connectivity index (χ1) is 8.65. The van der Waals surface area contributed by atoms with Crippen LogP contribution in [0, 0.1) is 0 Å². The van der Waals surface area contributed by atoms with Gasteiger partial charge in [0.05, 0.1) is 5.75 Å². The lowest BCUT2D eigenvalue weighted by atomic mass is 10.4. The molecule has 18 heavy (non-hydrogen) atoms. The van der Waals surface area contributed by atoms with Crippen LogP contribution in [0.5, 0.6) is 0 Å². The molecule has 1 aromatic heterocycles. The molecule has 1 N–H and O–H groups in total. The molecule has 0 bridgehead atoms. The van der Waals surface area contributed by atoms with Crippen LogP contribution in [0.2, 0.25) is 0 Å². The fraction of sp³-hybridized carbons (Fsp3) is 0.727. The monoisotopic (exact) mass is 272 g/mol. The molecule has 6 nitrogen and oxygen atoms in total. The van der Waals surface area contributed by atoms with E-state index in [1.54, 1.807) is 13.4 Å². The molecule has 0 fully saturated rings. The number of thioether (sulfide) groups is 1. The van der Waals surface area contributed by atoms with Crippen molar-refractivity contribution in [3.05, 3.63) is 6.33 Å². The first-order valence-electron chi connectivity index (χ1n) is 5.93. The van der Waals surface area contributed by atoms with Gasteiger partial charge in [0.2, 0.25) is 5.91 Å². The average molecular weight is 272 g/mol. The largest absolute Gasteiger partial charge is 0.385 e. The molecule has 1 heterocycles. The maximum absolute atomic E-state index is 11.6. The zero-order valence-corrected chi connectivity index (χ0v) is 11.9. The van der Waals surface area contributed by atoms with Gasteiger partial charge in [-0.15, -0.1) is 10.2 Å². The summed E-state index contributed by atoms with van der Waals surface area (Å²) in [6.45, 7) is 5.41. The molecule has 0 unspecified atom stereocenters. The summed E-state index contributed by atoms with van der Waals surface area (Å²) in [6, 6.07) is 0.298. The number of carbonyl (C=O) groups is 1. The highest BCUT2D eigenvalue weighted by atomic mass is 32.2. The Hall–Kier alpha value is -1.08. The quantitative estimate of drug-likeness (QED) is 0.567. The van der Waals surface area contributed by atoms with Crippen molar-refractivity contribution >= 4 is 17.7 Å². The van der Waals surface area contributed by atoms with E-state index in [1.807, 2.05) is 4.57 Å². The van der Waals surface area contributed by atoms with Gasteiger partial charge in [-0.1, -0.05) is 11.8 Å². The maximum Gasteiger partial charge on any atom is 0.230 e. The fourth-order valence-corrected chi connectivity index (χ4v) is 2.19. The van der Waals surface area contributed by atoms with Crippen molar-refractivity contribution in [2.24, 2.45) is 0 Å². The van der Waals surface area contributed by atoms with E-state index in [1.165, 1.54) is 11.8 Å². The van der Waals surface area contributed by atoms with E-state index in [0.29, 0.717) is 24.9 Å². The summed E-state index contributed by atoms with van der Waals surface area (Å²) in [5, 5.41) is 11.5. The number of nitrogens with zero attached hydrogens (tertiary/aromatic N) is 3. The second kappa shape index (κ2) is 8.10. The molecular weight excluding hydrogens is 252 g/mol. The standard InChI is InChI=1S/C11H20N4O2S/c1-9(2)15-8-13-14-11(15)18-7-10(16)12-5-4-6-17-3/h8-9H,4-7H2,1-3H3,(H,12,16). The third-order valence-electron chi connectivity index (χ3n) is 2.28. The van der Waals surface area contributed by atoms with Crippen LogP contribution in [0.15, 0.2) is 11.5 Å². The Morgan fingerprint density at radius 3 is 3.06 bits per heavy atom. The van der Waals surface area contributed by atoms with Gasteiger partial charge in [-0.25, -0.2) is 0 Å². The van der Waals surface area contributed by atoms with Crippen molar-refractivity contribution in [1.29, 1.82) is 0 Å². The molecule has 0 atom stereocenters. The smallest absolute Gasteiger partial charge is 0.230 e. The summed E-state index contributed by atoms with van der Waals surface area (Å²) in [5.74, 6) is 0.368. The first kappa shape index (κ1) is 15.0. The second-order valence-corrected chi connectivity index (χ2v) is 5.04. The highest BCUT2D eigenvalue weighted by molar-refractivity contribution is 7.99. The van der Waals surface area contributed by atoms with Crippen LogP contribution < -0.4 is 5.32 Å². The topological polar surface area (TPSA) is 69.0 Å². The molecule has 0 radical (unpaired) electrons. The minimum atomic E-state index is 0.00871. The van der Waals surface area contributed by atoms with Crippen molar-refractivity contribution in [1.82, 2.24) is 20.1 Å². The van der Waals surface area contributed by atoms with Gasteiger partial charge < -0.3 is 14.6 Å². The van der Waals surface area contributed by atoms with Crippen LogP contribution in [0.3, 0.4) is 0 Å². The molecular formula is C11H20N4O2S. The normalized spacial score (nSPS) is 10.9. The summed E-state index contributed by atoms with van der Waals surface area (Å²) >= 11 is 1.40. The van der Waals surface area contributed by atoms with Crippen molar-refractivity contribution in [2.45, 2.75) is 31.5 Å². The molecule has 0 saturated heterocycles. The Morgan fingerprint density at radius 1 is 1.61 bits per heavy atom. The molecule has 0 aliphatic heterocycles. The highest BCUT2D eigenvalue weighted by Crippen LogP contribution is 2.18. The van der Waals surface area contributed by atoms with Gasteiger partial charge in [0, 0.05) is 26.3 Å². The van der Waals surface area contributed by atoms with Crippen molar-refractivity contribution in [3.63, 3.8) is 0 Å². The minimum absolute atomic E-state index is 0.00871. The van der Waals surface area contributed by atoms with Gasteiger partial charge in [-0.2, -0.15) is 0 Å². The summed E-state index contributed by atoms with van der Waals surface area (Å²) in [6.07, 6.45) is 2.51. The summed E-state index contributed by atoms with van der Waals surface area (Å²) in [4.78, 5) is 11.6. The van der Waals surface area contributed by atoms with E-state index >= 15 is 0 Å². The third-order valence-corrected chi connectivity index (χ3v) is 3.23. The van der Waals surface area contributed by atoms with E-state index in [4.69, 9.17) is 4.74 Å². The van der Waals surface area contributed by atoms with Crippen molar-refractivity contribution in [2.75, 3.05) is 26.0 Å². The van der Waals surface area contributed by atoms with Crippen molar-refractivity contribution in [3.8, 4) is 0 Å². The number of rotatable bonds is 8. The Morgan fingerprint density at radius 2 is 2.39 bits per heavy atom. The van der Waals surface area contributed by atoms with E-state index in [2.05, 4.69) is 29.4 Å². The SMILES string of the molecule is COCCCNC(=O)CSc1nncn1C(C)C. The van der Waals surface area contributed by atoms with Crippen molar-refractivity contribution < 1.29 is 9.53 Å². The number of amides is 1. The van der Waals surface area contributed by atoms with E-state index in [-0.39, 0.29) is 5.91 Å². The van der Waals surface area contributed by atoms with E-state index < -0.39 is 0 Å². The molecule has 0 spiro atoms. The predicted octanol–water partition coefficient (Wildman–Crippen LogP) is 1.10. The number of ether oxygens (including phenoxy) is 1. The van der Waals surface area contributed by atoms with Gasteiger partial charge in [0.1, 0.15) is 6.33 Å². The minimum Gasteiger partial charge on any atom is -0.385 e. The second-order valence-electron chi connectivity index (χ2n) is 4.10. The molecule has 7 heteroatoms. The van der Waals surface area contributed by atoms with Crippen LogP contribution in [0.1, 0.15) is 26.3 Å². The lowest BCUT2D eigenvalue weighted by Gasteiger charge is -2.09. The van der Waals surface area contributed by atoms with Crippen LogP contribution in [-0.4, -0.2) is 46.7 Å². The molecule has 1 amide bonds. The number of hydrogen-bond acceptors (Lipinski definition) is 5. The Kier molecular flexibility index (Phi) is 6.74. The van der Waals surface area contributed by atoms with E-state index in [9.17, 15) is 4.79 Å². The Bertz CT molecular complexity index is 368. The van der Waals surface area contributed by atoms with Crippen LogP contribution in [0.4, 0.5) is 0 Å². The van der Waals surface area contributed by atoms with Gasteiger partial charge in [-0.3, -0.25) is 4.79 Å². The predicted molar refractivity (Wildman–Crippen MR) is 70.6 cm³/mol. The summed E-state index contributed by atoms with van der Waals surface area (Å²) < 4.78 is 6.85. The molecule has 102 valence electrons. The zero-order chi connectivity index (χ0) is 13.4. The lowest BCUT2D eigenvalue weighted by molar-refractivity contribution is -0.118. The summed E-state index contributed by atoms with van der Waals surface area (Å²) in [7, 11) is 1.65. The van der Waals surface area contributed by atoms with Gasteiger partial charge in [-0.05, 0) is 20.3 Å². The number of methoxy groups -OCH3 is 1. The van der Waals surface area contributed by atoms with Gasteiger partial charge in [0.25, 0.3) is 0 Å². The highest BCUT2D eigenvalue weighted by Gasteiger charge is 2.10. The fourth-order valence-electron chi connectivity index (χ4n) is 1.31. The maximum atomic E-state index is 11.6. The molecule has 1 rings (SSSR count). The lowest BCUT2D eigenvalue weighted by Crippen LogP contribution is -2.27. The molecule has 0 aliphatic rings. The summed E-state index contributed by atoms with van der Waals surface area (Å²) in [5.41, 5.74) is 0. The van der Waals surface area contributed by atoms with E-state index in [0.717, 1.165) is 11.6 Å². The Labute approximate surface area is 111 Å². The average Bonchev–Trinajstić information content (AvgIpc) is 2.80. The number of carbonyl (C=O) groups excluding carboxylic acids is 1. The molecule has 0 aliphatic carbocycles. The number of nitrogens with one attached hydrogen (secondary N) is 1.